The van der Waals surface area contributed by atoms with Crippen molar-refractivity contribution in [1.82, 2.24) is 10.3 Å². The van der Waals surface area contributed by atoms with Crippen LogP contribution in [0.2, 0.25) is 5.02 Å². The molecule has 0 radical (unpaired) electrons. The summed E-state index contributed by atoms with van der Waals surface area (Å²) in [7, 11) is 0. The van der Waals surface area contributed by atoms with Crippen molar-refractivity contribution in [1.29, 1.82) is 0 Å². The summed E-state index contributed by atoms with van der Waals surface area (Å²) in [6, 6.07) is 4.69. The number of hydrogen-bond donors (Lipinski definition) is 1. The van der Waals surface area contributed by atoms with E-state index in [2.05, 4.69) is 19.9 Å². The van der Waals surface area contributed by atoms with Crippen LogP contribution in [0.4, 0.5) is 5.82 Å². The van der Waals surface area contributed by atoms with Gasteiger partial charge < -0.3 is 5.11 Å². The summed E-state index contributed by atoms with van der Waals surface area (Å²) in [6.07, 6.45) is 1.45. The smallest absolute Gasteiger partial charge is 0.219 e. The van der Waals surface area contributed by atoms with Crippen LogP contribution in [0.1, 0.15) is 11.3 Å². The molecular weight excluding hydrogens is 230 g/mol. The van der Waals surface area contributed by atoms with Gasteiger partial charge in [0.1, 0.15) is 11.4 Å². The fraction of sp³-hybridized carbons (Fsp3) is 0.100. The number of halogens is 1. The van der Waals surface area contributed by atoms with Gasteiger partial charge in [0.25, 0.3) is 0 Å². The Morgan fingerprint density at radius 3 is 2.94 bits per heavy atom. The monoisotopic (exact) mass is 237 g/mol. The van der Waals surface area contributed by atoms with Crippen LogP contribution in [-0.4, -0.2) is 21.6 Å². The van der Waals surface area contributed by atoms with Gasteiger partial charge in [-0.05, 0) is 30.3 Å². The minimum absolute atomic E-state index is 0.0993. The topological polar surface area (TPSA) is 71.5 Å². The van der Waals surface area contributed by atoms with Gasteiger partial charge in [-0.15, -0.1) is 0 Å². The summed E-state index contributed by atoms with van der Waals surface area (Å²) < 4.78 is 4.49. The molecule has 2 rings (SSSR count). The minimum Gasteiger partial charge on any atom is -0.507 e. The molecule has 0 bridgehead atoms. The molecule has 1 heterocycles. The Morgan fingerprint density at radius 1 is 1.44 bits per heavy atom. The van der Waals surface area contributed by atoms with E-state index in [0.717, 1.165) is 0 Å². The fourth-order valence-electron chi connectivity index (χ4n) is 1.10. The van der Waals surface area contributed by atoms with Crippen LogP contribution in [-0.2, 0) is 0 Å². The molecule has 0 saturated carbocycles. The van der Waals surface area contributed by atoms with Crippen molar-refractivity contribution in [3.05, 3.63) is 34.5 Å². The average molecular weight is 238 g/mol. The highest BCUT2D eigenvalue weighted by atomic mass is 35.5. The highest BCUT2D eigenvalue weighted by Crippen LogP contribution is 2.20. The predicted octanol–water partition coefficient (Wildman–Crippen LogP) is 2.49. The molecule has 0 atom stereocenters. The molecule has 5 nitrogen and oxygen atoms in total. The number of rotatable bonds is 2. The first-order valence-electron chi connectivity index (χ1n) is 4.48. The molecule has 0 unspecified atom stereocenters. The van der Waals surface area contributed by atoms with E-state index in [4.69, 9.17) is 11.6 Å². The van der Waals surface area contributed by atoms with Gasteiger partial charge in [-0.1, -0.05) is 16.8 Å². The van der Waals surface area contributed by atoms with Crippen LogP contribution < -0.4 is 0 Å². The molecule has 0 amide bonds. The van der Waals surface area contributed by atoms with E-state index >= 15 is 0 Å². The molecule has 0 aliphatic heterocycles. The lowest BCUT2D eigenvalue weighted by molar-refractivity contribution is 0.306. The number of aryl methyl sites for hydroxylation is 1. The number of nitrogens with zero attached hydrogens (tertiary/aromatic N) is 3. The maximum absolute atomic E-state index is 9.52. The standard InChI is InChI=1S/C10H8ClN3O2/c1-6-10(14-16-13-6)12-5-7-4-8(11)2-3-9(7)15/h2-5,15H,1H3. The molecule has 6 heteroatoms. The van der Waals surface area contributed by atoms with Gasteiger partial charge >= 0.3 is 0 Å². The van der Waals surface area contributed by atoms with Gasteiger partial charge in [0.05, 0.1) is 0 Å². The first-order chi connectivity index (χ1) is 7.66. The second-order valence-electron chi connectivity index (χ2n) is 3.13. The molecule has 0 aliphatic carbocycles. The Bertz CT molecular complexity index is 537. The Morgan fingerprint density at radius 2 is 2.25 bits per heavy atom. The van der Waals surface area contributed by atoms with Crippen LogP contribution in [0.15, 0.2) is 27.8 Å². The molecular formula is C10H8ClN3O2. The van der Waals surface area contributed by atoms with Crippen LogP contribution in [0.3, 0.4) is 0 Å². The third-order valence-electron chi connectivity index (χ3n) is 1.94. The normalized spacial score (nSPS) is 11.1. The predicted molar refractivity (Wildman–Crippen MR) is 59.4 cm³/mol. The number of aromatic hydroxyl groups is 1. The van der Waals surface area contributed by atoms with Crippen LogP contribution >= 0.6 is 11.6 Å². The Kier molecular flexibility index (Phi) is 2.87. The van der Waals surface area contributed by atoms with E-state index in [-0.39, 0.29) is 5.75 Å². The zero-order valence-corrected chi connectivity index (χ0v) is 9.14. The SMILES string of the molecule is Cc1nonc1N=Cc1cc(Cl)ccc1O. The van der Waals surface area contributed by atoms with Gasteiger partial charge in [0, 0.05) is 16.8 Å². The van der Waals surface area contributed by atoms with E-state index in [1.807, 2.05) is 0 Å². The fourth-order valence-corrected chi connectivity index (χ4v) is 1.28. The van der Waals surface area contributed by atoms with E-state index < -0.39 is 0 Å². The molecule has 82 valence electrons. The van der Waals surface area contributed by atoms with Crippen molar-refractivity contribution in [3.63, 3.8) is 0 Å². The number of phenols is 1. The molecule has 1 aromatic carbocycles. The number of aromatic nitrogens is 2. The largest absolute Gasteiger partial charge is 0.507 e. The van der Waals surface area contributed by atoms with Crippen molar-refractivity contribution in [3.8, 4) is 5.75 Å². The number of hydrogen-bond acceptors (Lipinski definition) is 5. The lowest BCUT2D eigenvalue weighted by Gasteiger charge is -1.97. The van der Waals surface area contributed by atoms with Gasteiger partial charge in [-0.2, -0.15) is 0 Å². The van der Waals surface area contributed by atoms with Crippen molar-refractivity contribution < 1.29 is 9.74 Å². The summed E-state index contributed by atoms with van der Waals surface area (Å²) in [5.41, 5.74) is 1.09. The van der Waals surface area contributed by atoms with Gasteiger partial charge in [-0.25, -0.2) is 9.62 Å². The van der Waals surface area contributed by atoms with Crippen LogP contribution in [0, 0.1) is 6.92 Å². The molecule has 1 aromatic heterocycles. The Hall–Kier alpha value is -1.88. The lowest BCUT2D eigenvalue weighted by Crippen LogP contribution is -1.82. The van der Waals surface area contributed by atoms with Crippen LogP contribution in [0.5, 0.6) is 5.75 Å². The first kappa shape index (κ1) is 10.6. The average Bonchev–Trinajstić information content (AvgIpc) is 2.66. The molecule has 16 heavy (non-hydrogen) atoms. The van der Waals surface area contributed by atoms with Crippen LogP contribution in [0.25, 0.3) is 0 Å². The number of benzene rings is 1. The van der Waals surface area contributed by atoms with Crippen molar-refractivity contribution in [2.45, 2.75) is 6.92 Å². The maximum atomic E-state index is 9.52. The first-order valence-corrected chi connectivity index (χ1v) is 4.86. The molecule has 0 aliphatic rings. The molecule has 1 N–H and O–H groups in total. The molecule has 2 aromatic rings. The van der Waals surface area contributed by atoms with E-state index in [0.29, 0.717) is 22.1 Å². The Labute approximate surface area is 96.3 Å². The zero-order valence-electron chi connectivity index (χ0n) is 8.38. The van der Waals surface area contributed by atoms with E-state index in [1.165, 1.54) is 12.3 Å². The molecule has 0 saturated heterocycles. The van der Waals surface area contributed by atoms with Crippen molar-refractivity contribution in [2.24, 2.45) is 4.99 Å². The summed E-state index contributed by atoms with van der Waals surface area (Å²) in [5.74, 6) is 0.474. The lowest BCUT2D eigenvalue weighted by atomic mass is 10.2. The van der Waals surface area contributed by atoms with Crippen molar-refractivity contribution in [2.75, 3.05) is 0 Å². The second kappa shape index (κ2) is 4.32. The van der Waals surface area contributed by atoms with Gasteiger partial charge in [0.2, 0.25) is 5.82 Å². The van der Waals surface area contributed by atoms with Crippen molar-refractivity contribution >= 4 is 23.6 Å². The van der Waals surface area contributed by atoms with E-state index in [1.54, 1.807) is 19.1 Å². The quantitative estimate of drug-likeness (QED) is 0.815. The maximum Gasteiger partial charge on any atom is 0.219 e. The third kappa shape index (κ3) is 2.20. The number of aliphatic imine (C=N–C) groups is 1. The zero-order chi connectivity index (χ0) is 11.5. The summed E-state index contributed by atoms with van der Waals surface area (Å²) in [4.78, 5) is 4.03. The highest BCUT2D eigenvalue weighted by Gasteiger charge is 2.03. The van der Waals surface area contributed by atoms with Gasteiger partial charge in [0.15, 0.2) is 0 Å². The van der Waals surface area contributed by atoms with Gasteiger partial charge in [-0.3, -0.25) is 0 Å². The van der Waals surface area contributed by atoms with E-state index in [9.17, 15) is 5.11 Å². The molecule has 0 spiro atoms. The number of phenolic OH excluding ortho intramolecular Hbond substituents is 1. The Balaban J connectivity index is 2.30. The summed E-state index contributed by atoms with van der Waals surface area (Å²) in [5, 5.41) is 17.2. The summed E-state index contributed by atoms with van der Waals surface area (Å²) >= 11 is 5.79. The summed E-state index contributed by atoms with van der Waals surface area (Å²) in [6.45, 7) is 1.72. The highest BCUT2D eigenvalue weighted by molar-refractivity contribution is 6.30. The second-order valence-corrected chi connectivity index (χ2v) is 3.57. The minimum atomic E-state index is 0.0993. The third-order valence-corrected chi connectivity index (χ3v) is 2.18. The molecule has 0 fully saturated rings.